The van der Waals surface area contributed by atoms with Crippen LogP contribution in [0.3, 0.4) is 0 Å². The van der Waals surface area contributed by atoms with E-state index in [1.54, 1.807) is 0 Å². The van der Waals surface area contributed by atoms with Gasteiger partial charge < -0.3 is 10.1 Å². The average molecular weight is 210 g/mol. The Morgan fingerprint density at radius 3 is 2.69 bits per heavy atom. The van der Waals surface area contributed by atoms with Gasteiger partial charge in [-0.2, -0.15) is 0 Å². The largest absolute Gasteiger partial charge is 0.507 e. The van der Waals surface area contributed by atoms with Gasteiger partial charge in [-0.25, -0.2) is 8.78 Å². The quantitative estimate of drug-likeness (QED) is 0.730. The first kappa shape index (κ1) is 9.98. The number of hydrogen-bond donors (Lipinski definition) is 2. The van der Waals surface area contributed by atoms with E-state index in [0.29, 0.717) is 0 Å². The molecule has 6 heteroatoms. The molecule has 0 aliphatic rings. The van der Waals surface area contributed by atoms with Crippen molar-refractivity contribution < 1.29 is 13.9 Å². The van der Waals surface area contributed by atoms with E-state index in [4.69, 9.17) is 16.7 Å². The molecule has 72 valence electrons. The predicted octanol–water partition coefficient (Wildman–Crippen LogP) is 1.76. The highest BCUT2D eigenvalue weighted by Gasteiger charge is 2.19. The third-order valence-electron chi connectivity index (χ3n) is 1.54. The Morgan fingerprint density at radius 1 is 1.62 bits per heavy atom. The van der Waals surface area contributed by atoms with Crippen molar-refractivity contribution in [1.82, 2.24) is 4.98 Å². The second-order valence-corrected chi connectivity index (χ2v) is 2.61. The predicted molar refractivity (Wildman–Crippen MR) is 43.2 cm³/mol. The lowest BCUT2D eigenvalue weighted by molar-refractivity contribution is 0.145. The summed E-state index contributed by atoms with van der Waals surface area (Å²) in [6.45, 7) is 0. The van der Waals surface area contributed by atoms with Crippen molar-refractivity contribution in [3.63, 3.8) is 0 Å². The number of alkyl halides is 3. The van der Waals surface area contributed by atoms with Gasteiger partial charge in [0.05, 0.1) is 5.88 Å². The van der Waals surface area contributed by atoms with Gasteiger partial charge in [-0.15, -0.1) is 11.6 Å². The van der Waals surface area contributed by atoms with Gasteiger partial charge >= 0.3 is 0 Å². The van der Waals surface area contributed by atoms with Crippen LogP contribution in [0, 0.1) is 0 Å². The minimum Gasteiger partial charge on any atom is -0.507 e. The Hall–Kier alpha value is -1.10. The summed E-state index contributed by atoms with van der Waals surface area (Å²) in [5, 5.41) is 9.16. The molecule has 0 bridgehead atoms. The molecule has 0 aliphatic heterocycles. The number of halogens is 3. The molecule has 0 aliphatic carbocycles. The minimum atomic E-state index is -3.01. The van der Waals surface area contributed by atoms with Gasteiger partial charge in [-0.3, -0.25) is 4.79 Å². The molecular weight excluding hydrogens is 204 g/mol. The van der Waals surface area contributed by atoms with Crippen LogP contribution in [0.15, 0.2) is 11.0 Å². The summed E-state index contributed by atoms with van der Waals surface area (Å²) in [7, 11) is 0. The molecule has 0 aromatic carbocycles. The molecule has 0 spiro atoms. The van der Waals surface area contributed by atoms with Gasteiger partial charge in [0.1, 0.15) is 11.3 Å². The van der Waals surface area contributed by atoms with Crippen LogP contribution in [0.1, 0.15) is 17.6 Å². The number of pyridine rings is 1. The van der Waals surface area contributed by atoms with E-state index in [9.17, 15) is 13.6 Å². The van der Waals surface area contributed by atoms with Crippen LogP contribution >= 0.6 is 11.6 Å². The Morgan fingerprint density at radius 2 is 2.23 bits per heavy atom. The first-order valence-corrected chi connectivity index (χ1v) is 3.89. The standard InChI is InChI=1S/C7H6ClF2NO2/c8-1-3-2-11-7(13)4(5(3)12)6(9)10/h2,6H,1H2,(H2,11,12,13). The number of aromatic nitrogens is 1. The normalized spacial score (nSPS) is 10.8. The fourth-order valence-corrected chi connectivity index (χ4v) is 1.09. The topological polar surface area (TPSA) is 53.1 Å². The van der Waals surface area contributed by atoms with E-state index < -0.39 is 23.3 Å². The van der Waals surface area contributed by atoms with Gasteiger partial charge in [0.15, 0.2) is 0 Å². The van der Waals surface area contributed by atoms with Crippen molar-refractivity contribution >= 4 is 11.6 Å². The Kier molecular flexibility index (Phi) is 2.87. The third-order valence-corrected chi connectivity index (χ3v) is 1.83. The number of rotatable bonds is 2. The van der Waals surface area contributed by atoms with Gasteiger partial charge in [0, 0.05) is 11.8 Å². The summed E-state index contributed by atoms with van der Waals surface area (Å²) < 4.78 is 24.4. The summed E-state index contributed by atoms with van der Waals surface area (Å²) in [6, 6.07) is 0. The molecule has 2 N–H and O–H groups in total. The molecule has 1 aromatic rings. The SMILES string of the molecule is O=c1[nH]cc(CCl)c(O)c1C(F)F. The van der Waals surface area contributed by atoms with Crippen LogP contribution in [-0.4, -0.2) is 10.1 Å². The fraction of sp³-hybridized carbons (Fsp3) is 0.286. The second-order valence-electron chi connectivity index (χ2n) is 2.34. The minimum absolute atomic E-state index is 0.0802. The molecular formula is C7H6ClF2NO2. The molecule has 0 saturated carbocycles. The van der Waals surface area contributed by atoms with E-state index in [-0.39, 0.29) is 11.4 Å². The summed E-state index contributed by atoms with van der Waals surface area (Å²) in [4.78, 5) is 12.9. The van der Waals surface area contributed by atoms with Crippen molar-refractivity contribution in [2.24, 2.45) is 0 Å². The van der Waals surface area contributed by atoms with Crippen LogP contribution in [0.25, 0.3) is 0 Å². The van der Waals surface area contributed by atoms with Crippen molar-refractivity contribution in [1.29, 1.82) is 0 Å². The Bertz CT molecular complexity index is 364. The average Bonchev–Trinajstić information content (AvgIpc) is 2.04. The van der Waals surface area contributed by atoms with Crippen LogP contribution in [-0.2, 0) is 5.88 Å². The summed E-state index contributed by atoms with van der Waals surface area (Å²) in [6.07, 6.45) is -1.90. The first-order valence-electron chi connectivity index (χ1n) is 3.35. The number of aromatic hydroxyl groups is 1. The van der Waals surface area contributed by atoms with E-state index in [2.05, 4.69) is 4.98 Å². The van der Waals surface area contributed by atoms with Crippen LogP contribution in [0.2, 0.25) is 0 Å². The van der Waals surface area contributed by atoms with E-state index in [1.807, 2.05) is 0 Å². The zero-order valence-corrected chi connectivity index (χ0v) is 7.11. The van der Waals surface area contributed by atoms with Gasteiger partial charge in [0.2, 0.25) is 0 Å². The summed E-state index contributed by atoms with van der Waals surface area (Å²) in [5.41, 5.74) is -1.85. The van der Waals surface area contributed by atoms with Crippen molar-refractivity contribution in [2.75, 3.05) is 0 Å². The molecule has 13 heavy (non-hydrogen) atoms. The molecule has 0 radical (unpaired) electrons. The van der Waals surface area contributed by atoms with E-state index in [1.165, 1.54) is 0 Å². The maximum atomic E-state index is 12.2. The van der Waals surface area contributed by atoms with Crippen molar-refractivity contribution in [2.45, 2.75) is 12.3 Å². The number of H-pyrrole nitrogens is 1. The molecule has 0 unspecified atom stereocenters. The zero-order chi connectivity index (χ0) is 10.0. The highest BCUT2D eigenvalue weighted by Crippen LogP contribution is 2.27. The van der Waals surface area contributed by atoms with E-state index in [0.717, 1.165) is 6.20 Å². The highest BCUT2D eigenvalue weighted by molar-refractivity contribution is 6.17. The molecule has 3 nitrogen and oxygen atoms in total. The molecule has 1 rings (SSSR count). The van der Waals surface area contributed by atoms with Crippen molar-refractivity contribution in [3.8, 4) is 5.75 Å². The van der Waals surface area contributed by atoms with Crippen LogP contribution < -0.4 is 5.56 Å². The van der Waals surface area contributed by atoms with Crippen LogP contribution in [0.4, 0.5) is 8.78 Å². The van der Waals surface area contributed by atoms with Crippen molar-refractivity contribution in [3.05, 3.63) is 27.7 Å². The van der Waals surface area contributed by atoms with Gasteiger partial charge in [-0.1, -0.05) is 0 Å². The lowest BCUT2D eigenvalue weighted by Gasteiger charge is -2.04. The Balaban J connectivity index is 3.39. The lowest BCUT2D eigenvalue weighted by Crippen LogP contribution is -2.13. The number of hydrogen-bond acceptors (Lipinski definition) is 2. The molecule has 0 saturated heterocycles. The number of aromatic amines is 1. The monoisotopic (exact) mass is 209 g/mol. The number of nitrogens with one attached hydrogen (secondary N) is 1. The van der Waals surface area contributed by atoms with Gasteiger partial charge in [-0.05, 0) is 0 Å². The smallest absolute Gasteiger partial charge is 0.272 e. The summed E-state index contributed by atoms with van der Waals surface area (Å²) in [5.74, 6) is -0.865. The molecule has 0 fully saturated rings. The van der Waals surface area contributed by atoms with E-state index >= 15 is 0 Å². The third kappa shape index (κ3) is 1.80. The Labute approximate surface area is 77.0 Å². The second kappa shape index (κ2) is 3.74. The molecule has 1 aromatic heterocycles. The van der Waals surface area contributed by atoms with Crippen LogP contribution in [0.5, 0.6) is 5.75 Å². The molecule has 0 atom stereocenters. The first-order chi connectivity index (χ1) is 6.07. The highest BCUT2D eigenvalue weighted by atomic mass is 35.5. The molecule has 0 amide bonds. The maximum Gasteiger partial charge on any atom is 0.272 e. The zero-order valence-electron chi connectivity index (χ0n) is 6.35. The lowest BCUT2D eigenvalue weighted by atomic mass is 10.2. The molecule has 1 heterocycles. The summed E-state index contributed by atoms with van der Waals surface area (Å²) >= 11 is 5.33. The fourth-order valence-electron chi connectivity index (χ4n) is 0.884. The maximum absolute atomic E-state index is 12.2. The van der Waals surface area contributed by atoms with Gasteiger partial charge in [0.25, 0.3) is 12.0 Å².